The van der Waals surface area contributed by atoms with Crippen LogP contribution >= 0.6 is 0 Å². The number of alkyl halides is 3. The highest BCUT2D eigenvalue weighted by Crippen LogP contribution is 2.37. The monoisotopic (exact) mass is 636 g/mol. The lowest BCUT2D eigenvalue weighted by atomic mass is 9.98. The molecule has 2 heterocycles. The molecule has 45 heavy (non-hydrogen) atoms. The van der Waals surface area contributed by atoms with Gasteiger partial charge in [-0.15, -0.1) is 0 Å². The van der Waals surface area contributed by atoms with Crippen LogP contribution in [0.25, 0.3) is 11.1 Å². The zero-order chi connectivity index (χ0) is 32.0. The standard InChI is InChI=1S/C34H35F3N4O3S/c1-40-17-19-41(20-18-40)24-27-6-2-3-7-31(27)32-15-11-28(34(35,36)37)22-33(32)45(43,44)39-29-12-8-25(9-13-29)21-30(42)14-10-26-5-4-16-38-23-26/h2-9,11-13,15-16,22-23,39H,10,14,17-21,24H2,1H3. The van der Waals surface area contributed by atoms with E-state index in [0.717, 1.165) is 43.4 Å². The Morgan fingerprint density at radius 1 is 0.889 bits per heavy atom. The normalized spacial score (nSPS) is 14.8. The molecule has 1 N–H and O–H groups in total. The van der Waals surface area contributed by atoms with Gasteiger partial charge in [0, 0.05) is 69.2 Å². The van der Waals surface area contributed by atoms with Gasteiger partial charge in [-0.25, -0.2) is 8.42 Å². The van der Waals surface area contributed by atoms with E-state index in [4.69, 9.17) is 0 Å². The zero-order valence-corrected chi connectivity index (χ0v) is 25.7. The maximum atomic E-state index is 13.8. The Morgan fingerprint density at radius 3 is 2.31 bits per heavy atom. The lowest BCUT2D eigenvalue weighted by Gasteiger charge is -2.32. The minimum absolute atomic E-state index is 0.0241. The average molecular weight is 637 g/mol. The molecule has 7 nitrogen and oxygen atoms in total. The Morgan fingerprint density at radius 2 is 1.62 bits per heavy atom. The van der Waals surface area contributed by atoms with Crippen LogP contribution in [0.1, 0.15) is 28.7 Å². The number of carbonyl (C=O) groups excluding carboxylic acids is 1. The van der Waals surface area contributed by atoms with Crippen molar-refractivity contribution in [1.82, 2.24) is 14.8 Å². The van der Waals surface area contributed by atoms with Crippen LogP contribution in [0.5, 0.6) is 0 Å². The minimum atomic E-state index is -4.73. The first-order valence-corrected chi connectivity index (χ1v) is 16.2. The fourth-order valence-corrected chi connectivity index (χ4v) is 6.66. The molecule has 4 aromatic rings. The zero-order valence-electron chi connectivity index (χ0n) is 24.9. The number of piperazine rings is 1. The number of carbonyl (C=O) groups is 1. The van der Waals surface area contributed by atoms with Crippen molar-refractivity contribution in [2.24, 2.45) is 0 Å². The topological polar surface area (TPSA) is 82.6 Å². The van der Waals surface area contributed by atoms with Gasteiger partial charge in [-0.3, -0.25) is 19.4 Å². The smallest absolute Gasteiger partial charge is 0.304 e. The van der Waals surface area contributed by atoms with Crippen molar-refractivity contribution < 1.29 is 26.4 Å². The van der Waals surface area contributed by atoms with Gasteiger partial charge in [-0.05, 0) is 66.1 Å². The predicted octanol–water partition coefficient (Wildman–Crippen LogP) is 6.06. The molecule has 0 saturated carbocycles. The molecule has 0 aliphatic carbocycles. The number of aromatic nitrogens is 1. The van der Waals surface area contributed by atoms with Crippen LogP contribution in [0, 0.1) is 0 Å². The summed E-state index contributed by atoms with van der Waals surface area (Å²) in [6.07, 6.45) is -0.251. The highest BCUT2D eigenvalue weighted by molar-refractivity contribution is 7.92. The first-order valence-electron chi connectivity index (χ1n) is 14.7. The van der Waals surface area contributed by atoms with Gasteiger partial charge in [0.25, 0.3) is 10.0 Å². The van der Waals surface area contributed by atoms with E-state index in [2.05, 4.69) is 26.6 Å². The molecule has 0 amide bonds. The number of rotatable bonds is 11. The van der Waals surface area contributed by atoms with Gasteiger partial charge in [0.2, 0.25) is 0 Å². The van der Waals surface area contributed by atoms with Gasteiger partial charge < -0.3 is 4.90 Å². The molecule has 0 spiro atoms. The maximum Gasteiger partial charge on any atom is 0.416 e. The molecule has 0 radical (unpaired) electrons. The van der Waals surface area contributed by atoms with E-state index >= 15 is 0 Å². The van der Waals surface area contributed by atoms with E-state index < -0.39 is 26.7 Å². The van der Waals surface area contributed by atoms with Gasteiger partial charge >= 0.3 is 6.18 Å². The van der Waals surface area contributed by atoms with Crippen molar-refractivity contribution in [3.8, 4) is 11.1 Å². The summed E-state index contributed by atoms with van der Waals surface area (Å²) in [6, 6.07) is 20.1. The van der Waals surface area contributed by atoms with Crippen LogP contribution in [-0.4, -0.2) is 62.2 Å². The number of aryl methyl sites for hydroxylation is 1. The van der Waals surface area contributed by atoms with Crippen molar-refractivity contribution >= 4 is 21.5 Å². The molecular formula is C34H35F3N4O3S. The van der Waals surface area contributed by atoms with Gasteiger partial charge in [-0.2, -0.15) is 13.2 Å². The summed E-state index contributed by atoms with van der Waals surface area (Å²) in [6.45, 7) is 3.99. The number of ketones is 1. The Kier molecular flexibility index (Phi) is 10.0. The van der Waals surface area contributed by atoms with Crippen LogP contribution in [0.4, 0.5) is 18.9 Å². The number of nitrogens with one attached hydrogen (secondary N) is 1. The molecule has 5 rings (SSSR count). The molecule has 1 aliphatic rings. The molecule has 0 bridgehead atoms. The van der Waals surface area contributed by atoms with Crippen LogP contribution in [0.2, 0.25) is 0 Å². The SMILES string of the molecule is CN1CCN(Cc2ccccc2-c2ccc(C(F)(F)F)cc2S(=O)(=O)Nc2ccc(CC(=O)CCc3cccnc3)cc2)CC1. The fourth-order valence-electron chi connectivity index (χ4n) is 5.36. The number of benzene rings is 3. The third kappa shape index (κ3) is 8.56. The highest BCUT2D eigenvalue weighted by Gasteiger charge is 2.33. The molecule has 1 saturated heterocycles. The Bertz CT molecular complexity index is 1720. The van der Waals surface area contributed by atoms with Gasteiger partial charge in [-0.1, -0.05) is 48.5 Å². The lowest BCUT2D eigenvalue weighted by molar-refractivity contribution is -0.137. The van der Waals surface area contributed by atoms with E-state index in [1.165, 1.54) is 18.2 Å². The first kappa shape index (κ1) is 32.3. The number of anilines is 1. The van der Waals surface area contributed by atoms with E-state index in [-0.39, 0.29) is 23.5 Å². The van der Waals surface area contributed by atoms with Gasteiger partial charge in [0.15, 0.2) is 0 Å². The van der Waals surface area contributed by atoms with Gasteiger partial charge in [0.1, 0.15) is 5.78 Å². The van der Waals surface area contributed by atoms with Crippen LogP contribution < -0.4 is 4.72 Å². The molecule has 1 fully saturated rings. The second-order valence-electron chi connectivity index (χ2n) is 11.3. The summed E-state index contributed by atoms with van der Waals surface area (Å²) in [5.74, 6) is 0.0241. The predicted molar refractivity (Wildman–Crippen MR) is 168 cm³/mol. The highest BCUT2D eigenvalue weighted by atomic mass is 32.2. The van der Waals surface area contributed by atoms with Crippen LogP contribution in [0.3, 0.4) is 0 Å². The summed E-state index contributed by atoms with van der Waals surface area (Å²) in [5, 5.41) is 0. The van der Waals surface area contributed by atoms with E-state index in [1.807, 2.05) is 24.3 Å². The molecule has 0 atom stereocenters. The third-order valence-electron chi connectivity index (χ3n) is 7.92. The first-order chi connectivity index (χ1) is 21.5. The van der Waals surface area contributed by atoms with Crippen molar-refractivity contribution in [3.05, 3.63) is 114 Å². The number of hydrogen-bond acceptors (Lipinski definition) is 6. The fraction of sp³-hybridized carbons (Fsp3) is 0.294. The summed E-state index contributed by atoms with van der Waals surface area (Å²) in [7, 11) is -2.40. The summed E-state index contributed by atoms with van der Waals surface area (Å²) >= 11 is 0. The summed E-state index contributed by atoms with van der Waals surface area (Å²) in [4.78, 5) is 20.6. The number of halogens is 3. The van der Waals surface area contributed by atoms with Crippen LogP contribution in [-0.2, 0) is 40.4 Å². The molecule has 0 unspecified atom stereocenters. The van der Waals surface area contributed by atoms with E-state index in [0.29, 0.717) is 36.6 Å². The van der Waals surface area contributed by atoms with Crippen LogP contribution in [0.15, 0.2) is 96.2 Å². The maximum absolute atomic E-state index is 13.8. The molecule has 11 heteroatoms. The average Bonchev–Trinajstić information content (AvgIpc) is 3.02. The minimum Gasteiger partial charge on any atom is -0.304 e. The quantitative estimate of drug-likeness (QED) is 0.216. The molecule has 236 valence electrons. The molecule has 3 aromatic carbocycles. The molecule has 1 aromatic heterocycles. The number of Topliss-reactive ketones (excluding diaryl/α,β-unsaturated/α-hetero) is 1. The number of hydrogen-bond donors (Lipinski definition) is 1. The summed E-state index contributed by atoms with van der Waals surface area (Å²) in [5.41, 5.74) is 2.37. The van der Waals surface area contributed by atoms with Crippen molar-refractivity contribution in [1.29, 1.82) is 0 Å². The van der Waals surface area contributed by atoms with E-state index in [9.17, 15) is 26.4 Å². The van der Waals surface area contributed by atoms with E-state index in [1.54, 1.807) is 36.7 Å². The van der Waals surface area contributed by atoms with Crippen molar-refractivity contribution in [2.75, 3.05) is 37.9 Å². The molecule has 1 aliphatic heterocycles. The lowest BCUT2D eigenvalue weighted by Crippen LogP contribution is -2.43. The second kappa shape index (κ2) is 13.9. The number of nitrogens with zero attached hydrogens (tertiary/aromatic N) is 3. The molecular weight excluding hydrogens is 601 g/mol. The number of sulfonamides is 1. The number of likely N-dealkylation sites (N-methyl/N-ethyl adjacent to an activating group) is 1. The Labute approximate surface area is 261 Å². The Hall–Kier alpha value is -4.06. The summed E-state index contributed by atoms with van der Waals surface area (Å²) < 4.78 is 71.3. The van der Waals surface area contributed by atoms with Gasteiger partial charge in [0.05, 0.1) is 10.5 Å². The second-order valence-corrected chi connectivity index (χ2v) is 13.0. The third-order valence-corrected chi connectivity index (χ3v) is 9.34. The van der Waals surface area contributed by atoms with Crippen molar-refractivity contribution in [3.63, 3.8) is 0 Å². The number of pyridine rings is 1. The Balaban J connectivity index is 1.37. The van der Waals surface area contributed by atoms with Crippen molar-refractivity contribution in [2.45, 2.75) is 36.9 Å². The largest absolute Gasteiger partial charge is 0.416 e.